The number of ether oxygens (including phenoxy) is 1. The van der Waals surface area contributed by atoms with Gasteiger partial charge < -0.3 is 9.84 Å². The maximum absolute atomic E-state index is 10.6. The number of aliphatic hydroxyl groups is 1. The van der Waals surface area contributed by atoms with Gasteiger partial charge in [0.2, 0.25) is 5.79 Å². The predicted octanol–water partition coefficient (Wildman–Crippen LogP) is 3.69. The number of hydrogen-bond donors (Lipinski definition) is 1. The maximum Gasteiger partial charge on any atom is 0.205 e. The molecule has 3 nitrogen and oxygen atoms in total. The molecule has 0 saturated carbocycles. The van der Waals surface area contributed by atoms with Gasteiger partial charge >= 0.3 is 0 Å². The van der Waals surface area contributed by atoms with E-state index in [-0.39, 0.29) is 17.0 Å². The Bertz CT molecular complexity index is 618. The van der Waals surface area contributed by atoms with Gasteiger partial charge in [0, 0.05) is 17.1 Å². The van der Waals surface area contributed by atoms with Crippen molar-refractivity contribution in [2.24, 2.45) is 0 Å². The molecular formula is C17H19BrClNO2. The van der Waals surface area contributed by atoms with Gasteiger partial charge in [-0.15, -0.1) is 17.0 Å². The van der Waals surface area contributed by atoms with E-state index in [0.717, 1.165) is 28.3 Å². The van der Waals surface area contributed by atoms with Crippen LogP contribution in [0.3, 0.4) is 0 Å². The van der Waals surface area contributed by atoms with Gasteiger partial charge in [-0.05, 0) is 30.3 Å². The lowest BCUT2D eigenvalue weighted by atomic mass is 9.99. The van der Waals surface area contributed by atoms with Crippen LogP contribution in [0.15, 0.2) is 48.5 Å². The van der Waals surface area contributed by atoms with Gasteiger partial charge in [-0.25, -0.2) is 0 Å². The first kappa shape index (κ1) is 17.4. The van der Waals surface area contributed by atoms with E-state index < -0.39 is 5.79 Å². The number of halogens is 2. The Labute approximate surface area is 146 Å². The first-order chi connectivity index (χ1) is 10.1. The molecule has 2 aromatic carbocycles. The zero-order chi connectivity index (χ0) is 14.9. The summed E-state index contributed by atoms with van der Waals surface area (Å²) in [7, 11) is 1.98. The van der Waals surface area contributed by atoms with Gasteiger partial charge in [-0.1, -0.05) is 48.0 Å². The highest BCUT2D eigenvalue weighted by Crippen LogP contribution is 2.29. The van der Waals surface area contributed by atoms with Crippen molar-refractivity contribution in [3.05, 3.63) is 59.1 Å². The van der Waals surface area contributed by atoms with Crippen LogP contribution in [0.2, 0.25) is 5.02 Å². The van der Waals surface area contributed by atoms with E-state index in [9.17, 15) is 5.11 Å². The second kappa shape index (κ2) is 7.11. The molecule has 118 valence electrons. The zero-order valence-corrected chi connectivity index (χ0v) is 14.8. The molecule has 1 N–H and O–H groups in total. The molecule has 0 aromatic heterocycles. The molecule has 2 aromatic rings. The van der Waals surface area contributed by atoms with Gasteiger partial charge in [0.05, 0.1) is 13.2 Å². The Morgan fingerprint density at radius 1 is 1.05 bits per heavy atom. The summed E-state index contributed by atoms with van der Waals surface area (Å²) in [6.45, 7) is 1.85. The van der Waals surface area contributed by atoms with Crippen LogP contribution in [0.4, 0.5) is 0 Å². The van der Waals surface area contributed by atoms with E-state index >= 15 is 0 Å². The molecule has 1 saturated heterocycles. The third-order valence-corrected chi connectivity index (χ3v) is 4.06. The normalized spacial score (nSPS) is 22.1. The summed E-state index contributed by atoms with van der Waals surface area (Å²) < 4.78 is 5.58. The standard InChI is InChI=1S/C17H18ClNO2.BrH/c1-19-10-11-21-17(20,12-19)15-6-2-13(3-7-15)14-4-8-16(18)9-5-14;/h2-9,20H,10-12H2,1H3;1H. The summed E-state index contributed by atoms with van der Waals surface area (Å²) in [5.41, 5.74) is 2.97. The summed E-state index contributed by atoms with van der Waals surface area (Å²) in [6.07, 6.45) is 0. The Morgan fingerprint density at radius 3 is 2.14 bits per heavy atom. The highest BCUT2D eigenvalue weighted by atomic mass is 79.9. The van der Waals surface area contributed by atoms with Crippen LogP contribution in [0.1, 0.15) is 5.56 Å². The molecule has 0 aliphatic carbocycles. The number of nitrogens with zero attached hydrogens (tertiary/aromatic N) is 1. The maximum atomic E-state index is 10.6. The van der Waals surface area contributed by atoms with Crippen molar-refractivity contribution in [2.45, 2.75) is 5.79 Å². The Kier molecular flexibility index (Phi) is 5.64. The van der Waals surface area contributed by atoms with Crippen molar-refractivity contribution >= 4 is 28.6 Å². The highest BCUT2D eigenvalue weighted by molar-refractivity contribution is 8.93. The molecule has 0 radical (unpaired) electrons. The predicted molar refractivity (Wildman–Crippen MR) is 94.6 cm³/mol. The second-order valence-electron chi connectivity index (χ2n) is 5.45. The van der Waals surface area contributed by atoms with E-state index in [0.29, 0.717) is 13.2 Å². The Hall–Kier alpha value is -0.910. The number of benzene rings is 2. The van der Waals surface area contributed by atoms with E-state index in [1.54, 1.807) is 0 Å². The van der Waals surface area contributed by atoms with Crippen LogP contribution in [0, 0.1) is 0 Å². The average Bonchev–Trinajstić information content (AvgIpc) is 2.48. The van der Waals surface area contributed by atoms with E-state index in [1.165, 1.54) is 0 Å². The van der Waals surface area contributed by atoms with E-state index in [4.69, 9.17) is 16.3 Å². The minimum Gasteiger partial charge on any atom is -0.361 e. The van der Waals surface area contributed by atoms with Crippen molar-refractivity contribution < 1.29 is 9.84 Å². The Balaban J connectivity index is 0.00000176. The van der Waals surface area contributed by atoms with Crippen molar-refractivity contribution in [3.63, 3.8) is 0 Å². The molecule has 0 spiro atoms. The summed E-state index contributed by atoms with van der Waals surface area (Å²) in [6, 6.07) is 15.5. The summed E-state index contributed by atoms with van der Waals surface area (Å²) in [5.74, 6) is -1.22. The van der Waals surface area contributed by atoms with Crippen LogP contribution in [-0.4, -0.2) is 36.8 Å². The molecule has 1 aliphatic rings. The number of likely N-dealkylation sites (N-methyl/N-ethyl adjacent to an activating group) is 1. The molecule has 0 bridgehead atoms. The fourth-order valence-electron chi connectivity index (χ4n) is 2.60. The number of β-amino-alcohol motifs (C(OH)–C–C–N with tert-alkyl or cyclic N) is 1. The fraction of sp³-hybridized carbons (Fsp3) is 0.294. The van der Waals surface area contributed by atoms with Gasteiger partial charge in [-0.2, -0.15) is 0 Å². The Morgan fingerprint density at radius 2 is 1.59 bits per heavy atom. The lowest BCUT2D eigenvalue weighted by molar-refractivity contribution is -0.245. The van der Waals surface area contributed by atoms with Crippen molar-refractivity contribution in [1.82, 2.24) is 4.90 Å². The third kappa shape index (κ3) is 3.70. The largest absolute Gasteiger partial charge is 0.361 e. The van der Waals surface area contributed by atoms with Crippen molar-refractivity contribution in [1.29, 1.82) is 0 Å². The molecule has 1 aliphatic heterocycles. The highest BCUT2D eigenvalue weighted by Gasteiger charge is 2.34. The molecule has 1 atom stereocenters. The summed E-state index contributed by atoms with van der Waals surface area (Å²) >= 11 is 5.90. The number of rotatable bonds is 2. The first-order valence-corrected chi connectivity index (χ1v) is 7.36. The first-order valence-electron chi connectivity index (χ1n) is 6.98. The van der Waals surface area contributed by atoms with Gasteiger partial charge in [0.15, 0.2) is 0 Å². The molecule has 22 heavy (non-hydrogen) atoms. The van der Waals surface area contributed by atoms with Gasteiger partial charge in [0.25, 0.3) is 0 Å². The molecule has 3 rings (SSSR count). The van der Waals surface area contributed by atoms with Crippen molar-refractivity contribution in [2.75, 3.05) is 26.7 Å². The molecule has 0 amide bonds. The average molecular weight is 385 g/mol. The zero-order valence-electron chi connectivity index (χ0n) is 12.3. The molecular weight excluding hydrogens is 366 g/mol. The topological polar surface area (TPSA) is 32.7 Å². The number of morpholine rings is 1. The SMILES string of the molecule is Br.CN1CCOC(O)(c2ccc(-c3ccc(Cl)cc3)cc2)C1. The van der Waals surface area contributed by atoms with Gasteiger partial charge in [0.1, 0.15) is 0 Å². The van der Waals surface area contributed by atoms with Crippen molar-refractivity contribution in [3.8, 4) is 11.1 Å². The molecule has 1 fully saturated rings. The minimum atomic E-state index is -1.22. The van der Waals surface area contributed by atoms with E-state index in [2.05, 4.69) is 4.90 Å². The fourth-order valence-corrected chi connectivity index (χ4v) is 2.73. The van der Waals surface area contributed by atoms with Crippen LogP contribution in [0.25, 0.3) is 11.1 Å². The van der Waals surface area contributed by atoms with Gasteiger partial charge in [-0.3, -0.25) is 4.90 Å². The van der Waals surface area contributed by atoms with Crippen LogP contribution >= 0.6 is 28.6 Å². The third-order valence-electron chi connectivity index (χ3n) is 3.81. The smallest absolute Gasteiger partial charge is 0.205 e. The number of hydrogen-bond acceptors (Lipinski definition) is 3. The lowest BCUT2D eigenvalue weighted by Gasteiger charge is -2.37. The molecule has 1 unspecified atom stereocenters. The summed E-state index contributed by atoms with van der Waals surface area (Å²) in [5, 5.41) is 11.4. The monoisotopic (exact) mass is 383 g/mol. The van der Waals surface area contributed by atoms with E-state index in [1.807, 2.05) is 55.6 Å². The van der Waals surface area contributed by atoms with Crippen LogP contribution < -0.4 is 0 Å². The quantitative estimate of drug-likeness (QED) is 0.857. The molecule has 5 heteroatoms. The van der Waals surface area contributed by atoms with Crippen LogP contribution in [-0.2, 0) is 10.5 Å². The minimum absolute atomic E-state index is 0. The molecule has 1 heterocycles. The lowest BCUT2D eigenvalue weighted by Crippen LogP contribution is -2.48. The van der Waals surface area contributed by atoms with Crippen LogP contribution in [0.5, 0.6) is 0 Å². The second-order valence-corrected chi connectivity index (χ2v) is 5.89. The summed E-state index contributed by atoms with van der Waals surface area (Å²) in [4.78, 5) is 2.07.